The lowest BCUT2D eigenvalue weighted by Crippen LogP contribution is -2.06. The third-order valence-electron chi connectivity index (χ3n) is 3.05. The number of nitrogens with zero attached hydrogens (tertiary/aromatic N) is 1. The Hall–Kier alpha value is -2.41. The highest BCUT2D eigenvalue weighted by Crippen LogP contribution is 2.20. The molecule has 0 atom stereocenters. The smallest absolute Gasteiger partial charge is 0.226 e. The number of nitrogen functional groups attached to an aromatic ring is 1. The van der Waals surface area contributed by atoms with Gasteiger partial charge in [-0.05, 0) is 35.9 Å². The van der Waals surface area contributed by atoms with Gasteiger partial charge in [0.05, 0.1) is 16.8 Å². The quantitative estimate of drug-likeness (QED) is 0.726. The van der Waals surface area contributed by atoms with E-state index in [9.17, 15) is 12.8 Å². The minimum absolute atomic E-state index is 0.118. The number of rotatable bonds is 3. The third kappa shape index (κ3) is 2.73. The number of nitrogens with two attached hydrogens (primary N) is 1. The summed E-state index contributed by atoms with van der Waals surface area (Å²) in [6.45, 7) is 0. The number of benzene rings is 2. The first-order valence-corrected chi connectivity index (χ1v) is 7.82. The van der Waals surface area contributed by atoms with Crippen LogP contribution in [0.25, 0.3) is 11.0 Å². The molecule has 108 valence electrons. The summed E-state index contributed by atoms with van der Waals surface area (Å²) in [5.41, 5.74) is 7.76. The van der Waals surface area contributed by atoms with E-state index in [1.165, 1.54) is 24.3 Å². The van der Waals surface area contributed by atoms with Gasteiger partial charge in [-0.25, -0.2) is 17.8 Å². The van der Waals surface area contributed by atoms with Crippen molar-refractivity contribution in [1.82, 2.24) is 9.97 Å². The topological polar surface area (TPSA) is 88.8 Å². The Kier molecular flexibility index (Phi) is 3.13. The second-order valence-electron chi connectivity index (χ2n) is 4.70. The number of H-pyrrole nitrogens is 1. The molecule has 1 heterocycles. The summed E-state index contributed by atoms with van der Waals surface area (Å²) in [4.78, 5) is 6.82. The Balaban J connectivity index is 1.97. The molecule has 0 spiro atoms. The molecule has 0 unspecified atom stereocenters. The van der Waals surface area contributed by atoms with Gasteiger partial charge in [-0.1, -0.05) is 12.1 Å². The molecule has 0 aliphatic carbocycles. The van der Waals surface area contributed by atoms with Crippen LogP contribution in [0.1, 0.15) is 5.56 Å². The normalized spacial score (nSPS) is 11.9. The summed E-state index contributed by atoms with van der Waals surface area (Å²) < 4.78 is 37.5. The van der Waals surface area contributed by atoms with Gasteiger partial charge < -0.3 is 10.7 Å². The predicted molar refractivity (Wildman–Crippen MR) is 77.8 cm³/mol. The zero-order chi connectivity index (χ0) is 15.0. The molecular weight excluding hydrogens is 293 g/mol. The fourth-order valence-corrected chi connectivity index (χ4v) is 3.29. The second-order valence-corrected chi connectivity index (χ2v) is 6.61. The van der Waals surface area contributed by atoms with Gasteiger partial charge in [0.2, 0.25) is 15.0 Å². The van der Waals surface area contributed by atoms with Crippen LogP contribution >= 0.6 is 0 Å². The molecule has 3 aromatic rings. The van der Waals surface area contributed by atoms with Gasteiger partial charge in [0.15, 0.2) is 0 Å². The molecule has 3 N–H and O–H groups in total. The molecule has 1 aromatic heterocycles. The summed E-state index contributed by atoms with van der Waals surface area (Å²) in [5, 5.41) is -0.118. The van der Waals surface area contributed by atoms with E-state index in [0.717, 1.165) is 0 Å². The maximum absolute atomic E-state index is 12.8. The first-order chi connectivity index (χ1) is 9.94. The fourth-order valence-electron chi connectivity index (χ4n) is 2.02. The van der Waals surface area contributed by atoms with Crippen molar-refractivity contribution in [3.63, 3.8) is 0 Å². The van der Waals surface area contributed by atoms with Crippen LogP contribution < -0.4 is 5.73 Å². The highest BCUT2D eigenvalue weighted by Gasteiger charge is 2.20. The number of nitrogens with one attached hydrogen (secondary N) is 1. The molecule has 0 aliphatic rings. The van der Waals surface area contributed by atoms with Gasteiger partial charge in [0.25, 0.3) is 0 Å². The van der Waals surface area contributed by atoms with Gasteiger partial charge in [-0.15, -0.1) is 0 Å². The number of sulfone groups is 1. The maximum atomic E-state index is 12.8. The van der Waals surface area contributed by atoms with Gasteiger partial charge in [0.1, 0.15) is 5.82 Å². The SMILES string of the molecule is Nc1ccc2nc(S(=O)(=O)Cc3ccc(F)cc3)[nH]c2c1. The van der Waals surface area contributed by atoms with Crippen molar-refractivity contribution >= 4 is 26.6 Å². The van der Waals surface area contributed by atoms with E-state index in [4.69, 9.17) is 5.73 Å². The molecule has 2 aromatic carbocycles. The molecule has 7 heteroatoms. The molecule has 5 nitrogen and oxygen atoms in total. The molecule has 0 aliphatic heterocycles. The number of aromatic nitrogens is 2. The summed E-state index contributed by atoms with van der Waals surface area (Å²) in [6.07, 6.45) is 0. The number of fused-ring (bicyclic) bond motifs is 1. The highest BCUT2D eigenvalue weighted by molar-refractivity contribution is 7.90. The zero-order valence-electron chi connectivity index (χ0n) is 10.9. The van der Waals surface area contributed by atoms with E-state index in [1.807, 2.05) is 0 Å². The Bertz CT molecular complexity index is 902. The van der Waals surface area contributed by atoms with Crippen molar-refractivity contribution in [2.24, 2.45) is 0 Å². The van der Waals surface area contributed by atoms with Crippen LogP contribution in [0.3, 0.4) is 0 Å². The average molecular weight is 305 g/mol. The van der Waals surface area contributed by atoms with Crippen LogP contribution in [-0.4, -0.2) is 18.4 Å². The minimum atomic E-state index is -3.63. The Morgan fingerprint density at radius 3 is 2.57 bits per heavy atom. The summed E-state index contributed by atoms with van der Waals surface area (Å²) in [6, 6.07) is 10.3. The molecule has 0 amide bonds. The number of halogens is 1. The van der Waals surface area contributed by atoms with E-state index in [1.54, 1.807) is 18.2 Å². The number of hydrogen-bond donors (Lipinski definition) is 2. The largest absolute Gasteiger partial charge is 0.399 e. The lowest BCUT2D eigenvalue weighted by Gasteiger charge is -2.01. The minimum Gasteiger partial charge on any atom is -0.399 e. The monoisotopic (exact) mass is 305 g/mol. The van der Waals surface area contributed by atoms with Crippen LogP contribution in [0.5, 0.6) is 0 Å². The van der Waals surface area contributed by atoms with Gasteiger partial charge in [-0.3, -0.25) is 0 Å². The van der Waals surface area contributed by atoms with E-state index in [-0.39, 0.29) is 10.9 Å². The lowest BCUT2D eigenvalue weighted by atomic mass is 10.2. The Morgan fingerprint density at radius 2 is 1.86 bits per heavy atom. The van der Waals surface area contributed by atoms with Crippen molar-refractivity contribution in [2.75, 3.05) is 5.73 Å². The Morgan fingerprint density at radius 1 is 1.14 bits per heavy atom. The van der Waals surface area contributed by atoms with Crippen LogP contribution in [0.15, 0.2) is 47.6 Å². The summed E-state index contributed by atoms with van der Waals surface area (Å²) >= 11 is 0. The molecule has 0 saturated carbocycles. The van der Waals surface area contributed by atoms with E-state index in [0.29, 0.717) is 22.3 Å². The van der Waals surface area contributed by atoms with Gasteiger partial charge in [0, 0.05) is 5.69 Å². The standard InChI is InChI=1S/C14H12FN3O2S/c15-10-3-1-9(2-4-10)8-21(19,20)14-17-12-6-5-11(16)7-13(12)18-14/h1-7H,8,16H2,(H,17,18). The first-order valence-electron chi connectivity index (χ1n) is 6.16. The van der Waals surface area contributed by atoms with Crippen LogP contribution in [-0.2, 0) is 15.6 Å². The summed E-state index contributed by atoms with van der Waals surface area (Å²) in [5.74, 6) is -0.655. The molecule has 0 bridgehead atoms. The molecule has 0 fully saturated rings. The number of aromatic amines is 1. The van der Waals surface area contributed by atoms with Crippen molar-refractivity contribution in [2.45, 2.75) is 10.9 Å². The average Bonchev–Trinajstić information content (AvgIpc) is 2.85. The van der Waals surface area contributed by atoms with Crippen molar-refractivity contribution < 1.29 is 12.8 Å². The van der Waals surface area contributed by atoms with Crippen molar-refractivity contribution in [3.05, 3.63) is 53.8 Å². The zero-order valence-corrected chi connectivity index (χ0v) is 11.7. The molecule has 3 rings (SSSR count). The number of hydrogen-bond acceptors (Lipinski definition) is 4. The fraction of sp³-hybridized carbons (Fsp3) is 0.0714. The van der Waals surface area contributed by atoms with Crippen molar-refractivity contribution in [3.8, 4) is 0 Å². The van der Waals surface area contributed by atoms with E-state index >= 15 is 0 Å². The molecular formula is C14H12FN3O2S. The van der Waals surface area contributed by atoms with Crippen molar-refractivity contribution in [1.29, 1.82) is 0 Å². The second kappa shape index (κ2) is 4.85. The van der Waals surface area contributed by atoms with E-state index in [2.05, 4.69) is 9.97 Å². The molecule has 21 heavy (non-hydrogen) atoms. The highest BCUT2D eigenvalue weighted by atomic mass is 32.2. The third-order valence-corrected chi connectivity index (χ3v) is 4.54. The summed E-state index contributed by atoms with van der Waals surface area (Å²) in [7, 11) is -3.63. The predicted octanol–water partition coefficient (Wildman–Crippen LogP) is 2.26. The molecule has 0 radical (unpaired) electrons. The first kappa shape index (κ1) is 13.6. The van der Waals surface area contributed by atoms with Crippen LogP contribution in [0.4, 0.5) is 10.1 Å². The molecule has 0 saturated heterocycles. The lowest BCUT2D eigenvalue weighted by molar-refractivity contribution is 0.588. The van der Waals surface area contributed by atoms with Gasteiger partial charge >= 0.3 is 0 Å². The van der Waals surface area contributed by atoms with E-state index < -0.39 is 15.7 Å². The van der Waals surface area contributed by atoms with Crippen LogP contribution in [0.2, 0.25) is 0 Å². The van der Waals surface area contributed by atoms with Crippen LogP contribution in [0, 0.1) is 5.82 Å². The maximum Gasteiger partial charge on any atom is 0.226 e. The van der Waals surface area contributed by atoms with Gasteiger partial charge in [-0.2, -0.15) is 0 Å². The number of imidazole rings is 1. The Labute approximate surface area is 120 Å². The number of anilines is 1.